The summed E-state index contributed by atoms with van der Waals surface area (Å²) in [6, 6.07) is 3.76. The van der Waals surface area contributed by atoms with Crippen molar-refractivity contribution < 1.29 is 23.8 Å². The molecule has 0 aromatic heterocycles. The van der Waals surface area contributed by atoms with E-state index < -0.39 is 7.60 Å². The Kier molecular flexibility index (Phi) is 4.21. The lowest BCUT2D eigenvalue weighted by molar-refractivity contribution is 0.276. The normalized spacial score (nSPS) is 14.4. The Morgan fingerprint density at radius 1 is 1.31 bits per heavy atom. The molecular formula is C10H15O5P. The van der Waals surface area contributed by atoms with Crippen molar-refractivity contribution in [3.05, 3.63) is 18.2 Å². The Bertz CT molecular complexity index is 404. The van der Waals surface area contributed by atoms with Crippen molar-refractivity contribution in [2.75, 3.05) is 12.8 Å². The van der Waals surface area contributed by atoms with Gasteiger partial charge in [-0.05, 0) is 19.1 Å². The number of aromatic hydroxyl groups is 2. The number of hydrogen-bond acceptors (Lipinski definition) is 5. The van der Waals surface area contributed by atoms with Gasteiger partial charge >= 0.3 is 7.60 Å². The van der Waals surface area contributed by atoms with Crippen LogP contribution in [0.1, 0.15) is 13.8 Å². The molecule has 0 saturated heterocycles. The topological polar surface area (TPSA) is 76.0 Å². The third-order valence-electron chi connectivity index (χ3n) is 1.89. The molecule has 1 unspecified atom stereocenters. The highest BCUT2D eigenvalue weighted by atomic mass is 31.2. The van der Waals surface area contributed by atoms with Crippen LogP contribution >= 0.6 is 7.60 Å². The summed E-state index contributed by atoms with van der Waals surface area (Å²) in [5, 5.41) is 18.7. The van der Waals surface area contributed by atoms with Gasteiger partial charge in [-0.1, -0.05) is 6.92 Å². The predicted molar refractivity (Wildman–Crippen MR) is 60.2 cm³/mol. The van der Waals surface area contributed by atoms with Crippen molar-refractivity contribution in [3.8, 4) is 17.2 Å². The number of rotatable bonds is 5. The Morgan fingerprint density at radius 3 is 2.56 bits per heavy atom. The number of hydrogen-bond donors (Lipinski definition) is 2. The highest BCUT2D eigenvalue weighted by Gasteiger charge is 2.24. The van der Waals surface area contributed by atoms with Gasteiger partial charge in [0.2, 0.25) is 0 Å². The molecule has 0 radical (unpaired) electrons. The second-order valence-corrected chi connectivity index (χ2v) is 5.38. The van der Waals surface area contributed by atoms with Gasteiger partial charge in [0.25, 0.3) is 0 Å². The Hall–Kier alpha value is -1.19. The summed E-state index contributed by atoms with van der Waals surface area (Å²) in [6.07, 6.45) is 0.190. The van der Waals surface area contributed by atoms with Gasteiger partial charge in [-0.25, -0.2) is 4.57 Å². The van der Waals surface area contributed by atoms with Crippen LogP contribution in [-0.4, -0.2) is 23.0 Å². The molecule has 0 fully saturated rings. The zero-order valence-electron chi connectivity index (χ0n) is 9.21. The molecule has 6 heteroatoms. The molecule has 0 amide bonds. The van der Waals surface area contributed by atoms with Crippen LogP contribution in [0.5, 0.6) is 17.2 Å². The minimum absolute atomic E-state index is 0.0429. The van der Waals surface area contributed by atoms with E-state index >= 15 is 0 Å². The van der Waals surface area contributed by atoms with Gasteiger partial charge in [0.15, 0.2) is 11.5 Å². The minimum atomic E-state index is -3.24. The Morgan fingerprint density at radius 2 is 2.00 bits per heavy atom. The molecule has 0 saturated carbocycles. The maximum atomic E-state index is 12.0. The third kappa shape index (κ3) is 3.15. The zero-order chi connectivity index (χ0) is 12.2. The van der Waals surface area contributed by atoms with Gasteiger partial charge in [-0.3, -0.25) is 0 Å². The summed E-state index contributed by atoms with van der Waals surface area (Å²) >= 11 is 0. The third-order valence-corrected chi connectivity index (χ3v) is 3.79. The van der Waals surface area contributed by atoms with Crippen LogP contribution < -0.4 is 4.52 Å². The van der Waals surface area contributed by atoms with E-state index in [1.54, 1.807) is 13.8 Å². The molecule has 0 bridgehead atoms. The molecule has 90 valence electrons. The van der Waals surface area contributed by atoms with E-state index in [0.29, 0.717) is 0 Å². The number of benzene rings is 1. The highest BCUT2D eigenvalue weighted by Crippen LogP contribution is 2.50. The molecule has 5 nitrogen and oxygen atoms in total. The van der Waals surface area contributed by atoms with Crippen molar-refractivity contribution >= 4 is 7.60 Å². The van der Waals surface area contributed by atoms with Gasteiger partial charge in [0, 0.05) is 6.07 Å². The molecule has 0 aliphatic rings. The first-order valence-corrected chi connectivity index (χ1v) is 6.68. The van der Waals surface area contributed by atoms with Crippen LogP contribution in [0.4, 0.5) is 0 Å². The van der Waals surface area contributed by atoms with Crippen LogP contribution in [0.3, 0.4) is 0 Å². The summed E-state index contributed by atoms with van der Waals surface area (Å²) in [7, 11) is -3.24. The Labute approximate surface area is 94.2 Å². The molecule has 1 aromatic carbocycles. The lowest BCUT2D eigenvalue weighted by Crippen LogP contribution is -2.00. The van der Waals surface area contributed by atoms with E-state index in [2.05, 4.69) is 0 Å². The first-order chi connectivity index (χ1) is 7.50. The molecule has 0 spiro atoms. The SMILES string of the molecule is CCOP(=O)(CC)Oc1cc(O)ccc1O. The first-order valence-electron chi connectivity index (χ1n) is 4.96. The van der Waals surface area contributed by atoms with E-state index in [1.165, 1.54) is 18.2 Å². The zero-order valence-corrected chi connectivity index (χ0v) is 10.1. The fourth-order valence-electron chi connectivity index (χ4n) is 1.10. The summed E-state index contributed by atoms with van der Waals surface area (Å²) in [4.78, 5) is 0. The molecule has 0 aliphatic heterocycles. The van der Waals surface area contributed by atoms with Gasteiger partial charge in [0.05, 0.1) is 12.8 Å². The minimum Gasteiger partial charge on any atom is -0.508 e. The predicted octanol–water partition coefficient (Wildman–Crippen LogP) is 2.73. The maximum Gasteiger partial charge on any atom is 0.379 e. The van der Waals surface area contributed by atoms with Crippen LogP contribution in [0.2, 0.25) is 0 Å². The lowest BCUT2D eigenvalue weighted by atomic mass is 10.3. The van der Waals surface area contributed by atoms with Crippen molar-refractivity contribution in [1.29, 1.82) is 0 Å². The second kappa shape index (κ2) is 5.23. The van der Waals surface area contributed by atoms with Crippen molar-refractivity contribution in [2.45, 2.75) is 13.8 Å². The Balaban J connectivity index is 2.94. The van der Waals surface area contributed by atoms with E-state index in [0.717, 1.165) is 0 Å². The van der Waals surface area contributed by atoms with E-state index in [4.69, 9.17) is 9.05 Å². The van der Waals surface area contributed by atoms with Crippen molar-refractivity contribution in [2.24, 2.45) is 0 Å². The molecular weight excluding hydrogens is 231 g/mol. The maximum absolute atomic E-state index is 12.0. The average Bonchev–Trinajstić information content (AvgIpc) is 2.24. The second-order valence-electron chi connectivity index (χ2n) is 3.09. The molecule has 2 N–H and O–H groups in total. The summed E-state index contributed by atoms with van der Waals surface area (Å²) in [6.45, 7) is 3.62. The fraction of sp³-hybridized carbons (Fsp3) is 0.400. The summed E-state index contributed by atoms with van der Waals surface area (Å²) in [5.74, 6) is -0.309. The van der Waals surface area contributed by atoms with Gasteiger partial charge in [-0.15, -0.1) is 0 Å². The standard InChI is InChI=1S/C10H15O5P/c1-3-14-16(13,4-2)15-10-7-8(11)5-6-9(10)12/h5-7,11-12H,3-4H2,1-2H3. The largest absolute Gasteiger partial charge is 0.508 e. The van der Waals surface area contributed by atoms with Crippen molar-refractivity contribution in [1.82, 2.24) is 0 Å². The van der Waals surface area contributed by atoms with Gasteiger partial charge in [-0.2, -0.15) is 0 Å². The fourth-order valence-corrected chi connectivity index (χ4v) is 2.31. The lowest BCUT2D eigenvalue weighted by Gasteiger charge is -2.17. The van der Waals surface area contributed by atoms with E-state index in [-0.39, 0.29) is 30.0 Å². The molecule has 16 heavy (non-hydrogen) atoms. The van der Waals surface area contributed by atoms with E-state index in [1.807, 2.05) is 0 Å². The summed E-state index contributed by atoms with van der Waals surface area (Å²) < 4.78 is 22.1. The highest BCUT2D eigenvalue weighted by molar-refractivity contribution is 7.54. The monoisotopic (exact) mass is 246 g/mol. The van der Waals surface area contributed by atoms with Crippen LogP contribution in [-0.2, 0) is 9.09 Å². The van der Waals surface area contributed by atoms with Crippen LogP contribution in [0.15, 0.2) is 18.2 Å². The number of phenols is 2. The molecule has 1 aromatic rings. The van der Waals surface area contributed by atoms with E-state index in [9.17, 15) is 14.8 Å². The molecule has 1 rings (SSSR count). The molecule has 1 atom stereocenters. The van der Waals surface area contributed by atoms with Gasteiger partial charge in [0.1, 0.15) is 5.75 Å². The van der Waals surface area contributed by atoms with Gasteiger partial charge < -0.3 is 19.3 Å². The summed E-state index contributed by atoms with van der Waals surface area (Å²) in [5.41, 5.74) is 0. The molecule has 0 aliphatic carbocycles. The average molecular weight is 246 g/mol. The quantitative estimate of drug-likeness (QED) is 0.617. The molecule has 0 heterocycles. The number of phenolic OH excluding ortho intramolecular Hbond substituents is 2. The first kappa shape index (κ1) is 12.9. The smallest absolute Gasteiger partial charge is 0.379 e. The van der Waals surface area contributed by atoms with Crippen LogP contribution in [0, 0.1) is 0 Å². The van der Waals surface area contributed by atoms with Crippen LogP contribution in [0.25, 0.3) is 0 Å². The van der Waals surface area contributed by atoms with Crippen molar-refractivity contribution in [3.63, 3.8) is 0 Å².